The predicted molar refractivity (Wildman–Crippen MR) is 132 cm³/mol. The smallest absolute Gasteiger partial charge is 0.411 e. The maximum atomic E-state index is 12.7. The summed E-state index contributed by atoms with van der Waals surface area (Å²) in [4.78, 5) is 36.7. The number of hydrogen-bond donors (Lipinski definition) is 3. The lowest BCUT2D eigenvalue weighted by atomic mass is 9.98. The number of anilines is 1. The highest BCUT2D eigenvalue weighted by Gasteiger charge is 2.50. The Morgan fingerprint density at radius 3 is 2.17 bits per heavy atom. The number of carbonyl (C=O) groups is 3. The number of benzene rings is 3. The van der Waals surface area contributed by atoms with Crippen molar-refractivity contribution < 1.29 is 24.2 Å². The number of carboxylic acids is 1. The summed E-state index contributed by atoms with van der Waals surface area (Å²) in [7, 11) is 0. The fourth-order valence-corrected chi connectivity index (χ4v) is 4.72. The summed E-state index contributed by atoms with van der Waals surface area (Å²) in [5.74, 6) is -1.30. The minimum atomic E-state index is -0.889. The third-order valence-corrected chi connectivity index (χ3v) is 7.05. The second-order valence-electron chi connectivity index (χ2n) is 9.20. The van der Waals surface area contributed by atoms with Crippen LogP contribution in [0.3, 0.4) is 0 Å². The normalized spacial score (nSPS) is 15.0. The highest BCUT2D eigenvalue weighted by molar-refractivity contribution is 5.98. The molecular weight excluding hydrogens is 444 g/mol. The quantitative estimate of drug-likeness (QED) is 0.453. The minimum absolute atomic E-state index is 0.0460. The van der Waals surface area contributed by atoms with Crippen molar-refractivity contribution in [1.82, 2.24) is 5.32 Å². The molecule has 0 bridgehead atoms. The molecule has 5 rings (SSSR count). The third-order valence-electron chi connectivity index (χ3n) is 7.05. The first-order valence-corrected chi connectivity index (χ1v) is 11.6. The van der Waals surface area contributed by atoms with Crippen molar-refractivity contribution >= 4 is 23.7 Å². The Balaban J connectivity index is 1.24. The molecular formula is C28H26N2O5. The number of aliphatic carboxylic acids is 1. The van der Waals surface area contributed by atoms with Gasteiger partial charge in [-0.15, -0.1) is 0 Å². The molecule has 3 aromatic rings. The van der Waals surface area contributed by atoms with Crippen molar-refractivity contribution in [1.29, 1.82) is 0 Å². The predicted octanol–water partition coefficient (Wildman–Crippen LogP) is 4.95. The molecule has 3 aromatic carbocycles. The van der Waals surface area contributed by atoms with Crippen LogP contribution >= 0.6 is 0 Å². The maximum Gasteiger partial charge on any atom is 0.411 e. The SMILES string of the molecule is Cc1c(NC(=O)OCC2c3ccccc3-c3ccccc32)cccc1C(=O)NCC1(C(=O)O)CC1. The van der Waals surface area contributed by atoms with Crippen molar-refractivity contribution in [3.63, 3.8) is 0 Å². The number of hydrogen-bond acceptors (Lipinski definition) is 4. The van der Waals surface area contributed by atoms with Crippen molar-refractivity contribution in [3.8, 4) is 11.1 Å². The molecule has 0 heterocycles. The molecule has 0 unspecified atom stereocenters. The summed E-state index contributed by atoms with van der Waals surface area (Å²) >= 11 is 0. The lowest BCUT2D eigenvalue weighted by Gasteiger charge is -2.16. The molecule has 0 atom stereocenters. The molecule has 1 saturated carbocycles. The van der Waals surface area contributed by atoms with Gasteiger partial charge in [-0.3, -0.25) is 14.9 Å². The highest BCUT2D eigenvalue weighted by Crippen LogP contribution is 2.45. The molecule has 0 radical (unpaired) electrons. The monoisotopic (exact) mass is 470 g/mol. The van der Waals surface area contributed by atoms with Gasteiger partial charge in [-0.1, -0.05) is 54.6 Å². The van der Waals surface area contributed by atoms with Crippen LogP contribution in [0.5, 0.6) is 0 Å². The number of rotatable bonds is 7. The summed E-state index contributed by atoms with van der Waals surface area (Å²) in [6, 6.07) is 21.3. The first-order chi connectivity index (χ1) is 16.9. The van der Waals surface area contributed by atoms with E-state index < -0.39 is 17.5 Å². The molecule has 7 nitrogen and oxygen atoms in total. The second-order valence-corrected chi connectivity index (χ2v) is 9.20. The molecule has 0 aromatic heterocycles. The van der Waals surface area contributed by atoms with E-state index in [-0.39, 0.29) is 25.0 Å². The van der Waals surface area contributed by atoms with E-state index in [1.165, 1.54) is 0 Å². The van der Waals surface area contributed by atoms with Crippen LogP contribution in [0.15, 0.2) is 66.7 Å². The van der Waals surface area contributed by atoms with Crippen LogP contribution in [0.2, 0.25) is 0 Å². The number of amides is 2. The molecule has 0 aliphatic heterocycles. The Morgan fingerprint density at radius 2 is 1.57 bits per heavy atom. The van der Waals surface area contributed by atoms with Gasteiger partial charge in [-0.05, 0) is 59.7 Å². The molecule has 7 heteroatoms. The first-order valence-electron chi connectivity index (χ1n) is 11.6. The third kappa shape index (κ3) is 4.25. The van der Waals surface area contributed by atoms with Crippen molar-refractivity contribution in [2.24, 2.45) is 5.41 Å². The Morgan fingerprint density at radius 1 is 0.943 bits per heavy atom. The molecule has 2 aliphatic carbocycles. The Hall–Kier alpha value is -4.13. The molecule has 3 N–H and O–H groups in total. The molecule has 35 heavy (non-hydrogen) atoms. The number of carbonyl (C=O) groups excluding carboxylic acids is 2. The van der Waals surface area contributed by atoms with Gasteiger partial charge in [-0.2, -0.15) is 0 Å². The largest absolute Gasteiger partial charge is 0.481 e. The van der Waals surface area contributed by atoms with Crippen LogP contribution in [0.4, 0.5) is 10.5 Å². The highest BCUT2D eigenvalue weighted by atomic mass is 16.5. The van der Waals surface area contributed by atoms with Crippen LogP contribution in [0.1, 0.15) is 45.8 Å². The fourth-order valence-electron chi connectivity index (χ4n) is 4.72. The van der Waals surface area contributed by atoms with Gasteiger partial charge >= 0.3 is 12.1 Å². The van der Waals surface area contributed by atoms with E-state index >= 15 is 0 Å². The van der Waals surface area contributed by atoms with Gasteiger partial charge in [0, 0.05) is 23.7 Å². The summed E-state index contributed by atoms with van der Waals surface area (Å²) in [6.45, 7) is 2.01. The summed E-state index contributed by atoms with van der Waals surface area (Å²) < 4.78 is 5.61. The van der Waals surface area contributed by atoms with E-state index in [0.29, 0.717) is 29.7 Å². The number of ether oxygens (including phenoxy) is 1. The zero-order valence-corrected chi connectivity index (χ0v) is 19.3. The molecule has 1 fully saturated rings. The summed E-state index contributed by atoms with van der Waals surface area (Å²) in [5, 5.41) is 14.8. The molecule has 178 valence electrons. The van der Waals surface area contributed by atoms with E-state index in [9.17, 15) is 19.5 Å². The minimum Gasteiger partial charge on any atom is -0.481 e. The number of carboxylic acid groups (broad SMARTS) is 1. The number of fused-ring (bicyclic) bond motifs is 3. The Kier molecular flexibility index (Phi) is 5.76. The topological polar surface area (TPSA) is 105 Å². The summed E-state index contributed by atoms with van der Waals surface area (Å²) in [5.41, 5.74) is 5.15. The van der Waals surface area contributed by atoms with Crippen molar-refractivity contribution in [3.05, 3.63) is 89.0 Å². The van der Waals surface area contributed by atoms with Gasteiger partial charge in [0.15, 0.2) is 0 Å². The average molecular weight is 471 g/mol. The Labute approximate surface area is 203 Å². The van der Waals surface area contributed by atoms with Gasteiger partial charge < -0.3 is 15.2 Å². The maximum absolute atomic E-state index is 12.7. The molecule has 0 spiro atoms. The average Bonchev–Trinajstić information content (AvgIpc) is 3.60. The van der Waals surface area contributed by atoms with Crippen LogP contribution < -0.4 is 10.6 Å². The lowest BCUT2D eigenvalue weighted by molar-refractivity contribution is -0.143. The zero-order valence-electron chi connectivity index (χ0n) is 19.3. The molecule has 0 saturated heterocycles. The van der Waals surface area contributed by atoms with E-state index in [2.05, 4.69) is 34.9 Å². The van der Waals surface area contributed by atoms with Crippen LogP contribution in [0.25, 0.3) is 11.1 Å². The Bertz CT molecular complexity index is 1280. The molecule has 2 amide bonds. The fraction of sp³-hybridized carbons (Fsp3) is 0.250. The first kappa shape index (κ1) is 22.7. The van der Waals surface area contributed by atoms with Crippen LogP contribution in [-0.2, 0) is 9.53 Å². The van der Waals surface area contributed by atoms with Crippen molar-refractivity contribution in [2.75, 3.05) is 18.5 Å². The van der Waals surface area contributed by atoms with E-state index in [1.807, 2.05) is 24.3 Å². The summed E-state index contributed by atoms with van der Waals surface area (Å²) in [6.07, 6.45) is 0.519. The van der Waals surface area contributed by atoms with Gasteiger partial charge in [0.1, 0.15) is 6.61 Å². The lowest BCUT2D eigenvalue weighted by Crippen LogP contribution is -2.34. The van der Waals surface area contributed by atoms with E-state index in [1.54, 1.807) is 25.1 Å². The standard InChI is InChI=1S/C28H26N2O5/c1-17-18(25(31)29-16-28(13-14-28)26(32)33)11-6-12-24(17)30-27(34)35-15-23-21-9-4-2-7-19(21)20-8-3-5-10-22(20)23/h2-12,23H,13-16H2,1H3,(H,29,31)(H,30,34)(H,32,33). The van der Waals surface area contributed by atoms with Gasteiger partial charge in [0.2, 0.25) is 0 Å². The van der Waals surface area contributed by atoms with Crippen LogP contribution in [0, 0.1) is 12.3 Å². The van der Waals surface area contributed by atoms with Gasteiger partial charge in [0.25, 0.3) is 5.91 Å². The zero-order chi connectivity index (χ0) is 24.6. The molecule has 2 aliphatic rings. The van der Waals surface area contributed by atoms with Crippen molar-refractivity contribution in [2.45, 2.75) is 25.7 Å². The van der Waals surface area contributed by atoms with E-state index in [4.69, 9.17) is 4.74 Å². The van der Waals surface area contributed by atoms with Crippen LogP contribution in [-0.4, -0.2) is 36.2 Å². The number of nitrogens with one attached hydrogen (secondary N) is 2. The van der Waals surface area contributed by atoms with E-state index in [0.717, 1.165) is 22.3 Å². The second kappa shape index (κ2) is 8.91. The van der Waals surface area contributed by atoms with Gasteiger partial charge in [-0.25, -0.2) is 4.79 Å². The van der Waals surface area contributed by atoms with Gasteiger partial charge in [0.05, 0.1) is 5.41 Å².